The van der Waals surface area contributed by atoms with Gasteiger partial charge in [0.1, 0.15) is 0 Å². The van der Waals surface area contributed by atoms with Gasteiger partial charge in [0.2, 0.25) is 0 Å². The first-order valence-electron chi connectivity index (χ1n) is 4.86. The van der Waals surface area contributed by atoms with E-state index in [1.54, 1.807) is 18.3 Å². The molecule has 0 aliphatic heterocycles. The molecule has 0 bridgehead atoms. The molecule has 10 heteroatoms. The number of pyridine rings is 1. The smallest absolute Gasteiger partial charge is 0.368 e. The van der Waals surface area contributed by atoms with Crippen LogP contribution in [0.25, 0.3) is 0 Å². The molecule has 0 unspecified atom stereocenters. The molecule has 0 aliphatic carbocycles. The van der Waals surface area contributed by atoms with E-state index in [9.17, 15) is 14.2 Å². The summed E-state index contributed by atoms with van der Waals surface area (Å²) < 4.78 is 22.1. The van der Waals surface area contributed by atoms with Gasteiger partial charge in [-0.2, -0.15) is 0 Å². The Balaban J connectivity index is 2.96. The number of rotatable bonds is 5. The molecule has 1 rings (SSSR count). The van der Waals surface area contributed by atoms with Gasteiger partial charge in [0.15, 0.2) is 12.4 Å². The monoisotopic (exact) mass is 298 g/mol. The fourth-order valence-corrected chi connectivity index (χ4v) is 3.52. The zero-order valence-corrected chi connectivity index (χ0v) is 11.0. The van der Waals surface area contributed by atoms with E-state index >= 15 is 0 Å². The number of hydrogen-bond donors (Lipinski definition) is 5. The van der Waals surface area contributed by atoms with Crippen LogP contribution in [0.1, 0.15) is 12.0 Å². The van der Waals surface area contributed by atoms with Crippen molar-refractivity contribution in [3.05, 3.63) is 30.1 Å². The highest BCUT2D eigenvalue weighted by atomic mass is 31.2. The first kappa shape index (κ1) is 15.5. The second-order valence-electron chi connectivity index (χ2n) is 3.77. The topological polar surface area (TPSA) is 149 Å². The lowest BCUT2D eigenvalue weighted by atomic mass is 10.2. The van der Waals surface area contributed by atoms with Crippen molar-refractivity contribution in [3.63, 3.8) is 0 Å². The average Bonchev–Trinajstić information content (AvgIpc) is 2.24. The van der Waals surface area contributed by atoms with E-state index in [1.165, 1.54) is 6.20 Å². The highest BCUT2D eigenvalue weighted by Crippen LogP contribution is 2.69. The van der Waals surface area contributed by atoms with Crippen molar-refractivity contribution in [2.24, 2.45) is 0 Å². The predicted molar refractivity (Wildman–Crippen MR) is 60.4 cm³/mol. The third kappa shape index (κ3) is 3.24. The van der Waals surface area contributed by atoms with E-state index in [-0.39, 0.29) is 6.42 Å². The Kier molecular flexibility index (Phi) is 4.46. The molecular formula is C8H14NO7P2+. The normalized spacial score (nSPS) is 13.6. The van der Waals surface area contributed by atoms with Gasteiger partial charge in [0, 0.05) is 18.1 Å². The summed E-state index contributed by atoms with van der Waals surface area (Å²) in [7, 11) is -10.7. The molecule has 8 nitrogen and oxygen atoms in total. The van der Waals surface area contributed by atoms with Crippen LogP contribution in [0.5, 0.6) is 0 Å². The van der Waals surface area contributed by atoms with Crippen molar-refractivity contribution >= 4 is 15.2 Å². The molecule has 0 amide bonds. The number of aliphatic hydroxyl groups is 1. The van der Waals surface area contributed by atoms with Crippen LogP contribution < -0.4 is 4.98 Å². The molecule has 0 radical (unpaired) electrons. The standard InChI is InChI=1S/C8H13NO7P2/c10-8(17(11,12)13,18(14,15)16)4-3-7-2-1-5-9-6-7/h1-2,5-6,10H,3-4H2,(H2,11,12,13)(H2,14,15,16)/p+1. The molecule has 0 saturated heterocycles. The molecule has 18 heavy (non-hydrogen) atoms. The van der Waals surface area contributed by atoms with E-state index in [2.05, 4.69) is 4.98 Å². The van der Waals surface area contributed by atoms with Gasteiger partial charge in [-0.05, 0) is 12.5 Å². The van der Waals surface area contributed by atoms with E-state index in [0.29, 0.717) is 5.56 Å². The number of hydrogen-bond acceptors (Lipinski definition) is 3. The number of aromatic amines is 1. The van der Waals surface area contributed by atoms with Gasteiger partial charge in [-0.15, -0.1) is 0 Å². The minimum atomic E-state index is -5.36. The molecule has 0 saturated carbocycles. The maximum absolute atomic E-state index is 11.1. The highest BCUT2D eigenvalue weighted by Gasteiger charge is 2.58. The van der Waals surface area contributed by atoms with Crippen LogP contribution in [0, 0.1) is 0 Å². The Hall–Kier alpha value is -0.590. The summed E-state index contributed by atoms with van der Waals surface area (Å²) in [6, 6.07) is 3.21. The van der Waals surface area contributed by atoms with Crippen molar-refractivity contribution in [2.75, 3.05) is 0 Å². The molecule has 0 aliphatic rings. The van der Waals surface area contributed by atoms with E-state index in [1.807, 2.05) is 0 Å². The Morgan fingerprint density at radius 2 is 1.72 bits per heavy atom. The van der Waals surface area contributed by atoms with Crippen molar-refractivity contribution in [1.29, 1.82) is 0 Å². The van der Waals surface area contributed by atoms with Crippen LogP contribution in [0.2, 0.25) is 0 Å². The largest absolute Gasteiger partial charge is 0.369 e. The summed E-state index contributed by atoms with van der Waals surface area (Å²) in [4.78, 5) is 38.4. The maximum atomic E-state index is 11.1. The molecule has 0 spiro atoms. The molecule has 1 heterocycles. The summed E-state index contributed by atoms with van der Waals surface area (Å²) in [5, 5.41) is 6.26. The van der Waals surface area contributed by atoms with E-state index in [4.69, 9.17) is 19.6 Å². The van der Waals surface area contributed by atoms with Crippen molar-refractivity contribution in [1.82, 2.24) is 0 Å². The van der Waals surface area contributed by atoms with Gasteiger partial charge in [-0.1, -0.05) is 0 Å². The van der Waals surface area contributed by atoms with Crippen LogP contribution in [-0.4, -0.2) is 29.8 Å². The number of nitrogens with one attached hydrogen (secondary N) is 1. The lowest BCUT2D eigenvalue weighted by Crippen LogP contribution is -2.29. The van der Waals surface area contributed by atoms with E-state index in [0.717, 1.165) is 0 Å². The Morgan fingerprint density at radius 1 is 1.17 bits per heavy atom. The van der Waals surface area contributed by atoms with Crippen LogP contribution in [0.15, 0.2) is 24.5 Å². The van der Waals surface area contributed by atoms with Gasteiger partial charge < -0.3 is 24.7 Å². The summed E-state index contributed by atoms with van der Waals surface area (Å²) in [5.74, 6) is 0. The quantitative estimate of drug-likeness (QED) is 0.457. The molecular weight excluding hydrogens is 284 g/mol. The molecule has 0 aromatic carbocycles. The SMILES string of the molecule is O=P(O)(O)C(O)(CCc1ccc[nH+]c1)P(=O)(O)O. The van der Waals surface area contributed by atoms with Crippen LogP contribution in [-0.2, 0) is 15.6 Å². The average molecular weight is 298 g/mol. The molecule has 6 N–H and O–H groups in total. The molecule has 1 aromatic rings. The highest BCUT2D eigenvalue weighted by molar-refractivity contribution is 7.72. The van der Waals surface area contributed by atoms with Crippen LogP contribution in [0.4, 0.5) is 0 Å². The summed E-state index contributed by atoms with van der Waals surface area (Å²) in [5.41, 5.74) is 0.554. The number of H-pyrrole nitrogens is 1. The van der Waals surface area contributed by atoms with Crippen LogP contribution in [0.3, 0.4) is 0 Å². The summed E-state index contributed by atoms with van der Waals surface area (Å²) in [6.45, 7) is 0. The lowest BCUT2D eigenvalue weighted by Gasteiger charge is -2.28. The Labute approximate surface area is 103 Å². The minimum Gasteiger partial charge on any atom is -0.368 e. The Morgan fingerprint density at radius 3 is 2.11 bits per heavy atom. The summed E-state index contributed by atoms with van der Waals surface area (Å²) >= 11 is 0. The zero-order chi connectivity index (χ0) is 14.0. The maximum Gasteiger partial charge on any atom is 0.369 e. The first-order valence-corrected chi connectivity index (χ1v) is 8.09. The second-order valence-corrected chi connectivity index (χ2v) is 7.78. The van der Waals surface area contributed by atoms with Gasteiger partial charge in [0.25, 0.3) is 5.08 Å². The first-order chi connectivity index (χ1) is 8.08. The second kappa shape index (κ2) is 5.19. The lowest BCUT2D eigenvalue weighted by molar-refractivity contribution is -0.378. The molecule has 1 aromatic heterocycles. The van der Waals surface area contributed by atoms with E-state index < -0.39 is 26.7 Å². The van der Waals surface area contributed by atoms with Gasteiger partial charge in [-0.3, -0.25) is 9.13 Å². The number of aryl methyl sites for hydroxylation is 1. The fourth-order valence-electron chi connectivity index (χ4n) is 1.36. The van der Waals surface area contributed by atoms with Gasteiger partial charge in [-0.25, -0.2) is 4.98 Å². The molecule has 0 atom stereocenters. The van der Waals surface area contributed by atoms with Gasteiger partial charge in [0.05, 0.1) is 0 Å². The molecule has 102 valence electrons. The molecule has 0 fully saturated rings. The van der Waals surface area contributed by atoms with Gasteiger partial charge >= 0.3 is 15.2 Å². The third-order valence-corrected chi connectivity index (χ3v) is 6.33. The zero-order valence-electron chi connectivity index (χ0n) is 9.17. The fraction of sp³-hybridized carbons (Fsp3) is 0.375. The Bertz CT molecular complexity index is 471. The van der Waals surface area contributed by atoms with Crippen molar-refractivity contribution in [3.8, 4) is 0 Å². The minimum absolute atomic E-state index is 0.0932. The summed E-state index contributed by atoms with van der Waals surface area (Å²) in [6.07, 6.45) is 2.25. The third-order valence-electron chi connectivity index (χ3n) is 2.45. The number of aromatic nitrogens is 1. The predicted octanol–water partition coefficient (Wildman–Crippen LogP) is -0.565. The van der Waals surface area contributed by atoms with Crippen molar-refractivity contribution < 1.29 is 38.8 Å². The van der Waals surface area contributed by atoms with Crippen LogP contribution >= 0.6 is 15.2 Å². The van der Waals surface area contributed by atoms with Crippen molar-refractivity contribution in [2.45, 2.75) is 17.9 Å².